The van der Waals surface area contributed by atoms with E-state index in [1.165, 1.54) is 0 Å². The molecule has 0 spiro atoms. The van der Waals surface area contributed by atoms with E-state index in [4.69, 9.17) is 24.7 Å². The molecule has 7 aromatic rings. The van der Waals surface area contributed by atoms with Gasteiger partial charge in [0.15, 0.2) is 0 Å². The Morgan fingerprint density at radius 2 is 0.889 bits per heavy atom. The molecule has 7 rings (SSSR count). The van der Waals surface area contributed by atoms with Gasteiger partial charge in [-0.15, -0.1) is 0 Å². The van der Waals surface area contributed by atoms with Gasteiger partial charge in [0.2, 0.25) is 0 Å². The van der Waals surface area contributed by atoms with E-state index in [9.17, 15) is 6.85 Å². The molecule has 7 aromatic carbocycles. The predicted octanol–water partition coefficient (Wildman–Crippen LogP) is 10.1. The third-order valence-electron chi connectivity index (χ3n) is 5.63. The highest BCUT2D eigenvalue weighted by molar-refractivity contribution is 6.23. The van der Waals surface area contributed by atoms with Crippen molar-refractivity contribution in [2.45, 2.75) is 0 Å². The maximum Gasteiger partial charge on any atom is 0.0636 e. The summed E-state index contributed by atoms with van der Waals surface area (Å²) in [6.45, 7) is 0. The van der Waals surface area contributed by atoms with Crippen LogP contribution in [0.3, 0.4) is 0 Å². The summed E-state index contributed by atoms with van der Waals surface area (Å²) in [5, 5.41) is -3.83. The quantitative estimate of drug-likeness (QED) is 0.221. The van der Waals surface area contributed by atoms with Gasteiger partial charge in [-0.3, -0.25) is 0 Å². The lowest BCUT2D eigenvalue weighted by molar-refractivity contribution is 1.61. The molecule has 0 heterocycles. The van der Waals surface area contributed by atoms with Crippen LogP contribution < -0.4 is 0 Å². The number of fused-ring (bicyclic) bond motifs is 3. The topological polar surface area (TPSA) is 0 Å². The van der Waals surface area contributed by atoms with Gasteiger partial charge in [0.1, 0.15) is 0 Å². The Hall–Kier alpha value is -4.68. The number of hydrogen-bond acceptors (Lipinski definition) is 0. The second kappa shape index (κ2) is 8.52. The Balaban J connectivity index is 1.92. The zero-order valence-electron chi connectivity index (χ0n) is 41.1. The SMILES string of the molecule is [2H]c1cc(-c2c([2H])c([2H])c([2H])c(-c3c4c([2H])c([2H])c([2H])c([2H])c4c(-c4c([2H])c([2H])c([2H])c5c([2H])c([2H])c([2H])c([2H])c45)c4c([2H])c([2H])c([2H])c([2H])c34)c2[2H])c([2H])c([2H])c1[2H]. The minimum atomic E-state index is -0.951. The molecule has 0 amide bonds. The minimum Gasteiger partial charge on any atom is -0.0622 e. The molecule has 0 bridgehead atoms. The third kappa shape index (κ3) is 3.31. The summed E-state index contributed by atoms with van der Waals surface area (Å²) >= 11 is 0. The van der Waals surface area contributed by atoms with E-state index in [0.29, 0.717) is 0 Å². The fourth-order valence-corrected chi connectivity index (χ4v) is 4.14. The van der Waals surface area contributed by atoms with Crippen molar-refractivity contribution in [1.82, 2.24) is 0 Å². The van der Waals surface area contributed by atoms with Crippen LogP contribution in [0.4, 0.5) is 0 Å². The first-order chi connectivity index (χ1) is 27.4. The Bertz CT molecular complexity index is 3040. The van der Waals surface area contributed by atoms with E-state index in [2.05, 4.69) is 0 Å². The summed E-state index contributed by atoms with van der Waals surface area (Å²) in [4.78, 5) is 0. The van der Waals surface area contributed by atoms with Crippen LogP contribution in [0.1, 0.15) is 31.5 Å². The smallest absolute Gasteiger partial charge is 0.0622 e. The van der Waals surface area contributed by atoms with Crippen molar-refractivity contribution < 1.29 is 31.5 Å². The molecule has 0 saturated heterocycles. The molecule has 0 N–H and O–H groups in total. The molecule has 0 heteroatoms. The van der Waals surface area contributed by atoms with Crippen LogP contribution in [-0.2, 0) is 0 Å². The first-order valence-electron chi connectivity index (χ1n) is 22.1. The molecular weight excluding hydrogens is 432 g/mol. The van der Waals surface area contributed by atoms with Crippen LogP contribution in [0.15, 0.2) is 145 Å². The van der Waals surface area contributed by atoms with E-state index in [-0.39, 0.29) is 0 Å². The van der Waals surface area contributed by atoms with Crippen molar-refractivity contribution in [2.24, 2.45) is 0 Å². The second-order valence-electron chi connectivity index (χ2n) is 7.58. The first-order valence-corrected chi connectivity index (χ1v) is 10.6. The van der Waals surface area contributed by atoms with Crippen LogP contribution in [0.2, 0.25) is 0 Å². The average Bonchev–Trinajstić information content (AvgIpc) is 3.20. The first kappa shape index (κ1) is 7.91. The van der Waals surface area contributed by atoms with Gasteiger partial charge in [-0.2, -0.15) is 0 Å². The highest BCUT2D eigenvalue weighted by Gasteiger charge is 2.17. The van der Waals surface area contributed by atoms with Gasteiger partial charge in [0.25, 0.3) is 0 Å². The van der Waals surface area contributed by atoms with Crippen LogP contribution in [0.25, 0.3) is 65.7 Å². The molecule has 0 radical (unpaired) electrons. The molecule has 168 valence electrons. The van der Waals surface area contributed by atoms with E-state index in [0.717, 1.165) is 6.07 Å². The second-order valence-corrected chi connectivity index (χ2v) is 7.58. The normalized spacial score (nSPS) is 20.3. The van der Waals surface area contributed by atoms with Gasteiger partial charge in [-0.25, -0.2) is 0 Å². The van der Waals surface area contributed by atoms with Crippen molar-refractivity contribution in [3.63, 3.8) is 0 Å². The summed E-state index contributed by atoms with van der Waals surface area (Å²) in [6, 6.07) is -19.0. The fourth-order valence-electron chi connectivity index (χ4n) is 4.14. The predicted molar refractivity (Wildman–Crippen MR) is 155 cm³/mol. The molecule has 36 heavy (non-hydrogen) atoms. The van der Waals surface area contributed by atoms with Crippen LogP contribution in [0.5, 0.6) is 0 Å². The monoisotopic (exact) mass is 479 g/mol. The van der Waals surface area contributed by atoms with Gasteiger partial charge in [0.05, 0.1) is 31.5 Å². The lowest BCUT2D eigenvalue weighted by Gasteiger charge is -2.19. The highest BCUT2D eigenvalue weighted by atomic mass is 14.2. The number of hydrogen-bond donors (Lipinski definition) is 0. The summed E-state index contributed by atoms with van der Waals surface area (Å²) in [5.41, 5.74) is -3.79. The number of benzene rings is 7. The van der Waals surface area contributed by atoms with Gasteiger partial charge in [-0.1, -0.05) is 139 Å². The van der Waals surface area contributed by atoms with E-state index in [1.807, 2.05) is 0 Å². The fraction of sp³-hybridized carbons (Fsp3) is 0. The highest BCUT2D eigenvalue weighted by Crippen LogP contribution is 2.45. The number of rotatable bonds is 3. The molecular formula is C36H24. The van der Waals surface area contributed by atoms with Gasteiger partial charge in [-0.05, 0) is 71.7 Å². The van der Waals surface area contributed by atoms with Gasteiger partial charge < -0.3 is 0 Å². The van der Waals surface area contributed by atoms with Crippen LogP contribution in [0, 0.1) is 0 Å². The minimum absolute atomic E-state index is 0.465. The zero-order valence-corrected chi connectivity index (χ0v) is 18.1. The average molecular weight is 480 g/mol. The lowest BCUT2D eigenvalue weighted by Crippen LogP contribution is -1.91. The van der Waals surface area contributed by atoms with Crippen LogP contribution in [-0.4, -0.2) is 0 Å². The Labute approximate surface area is 243 Å². The van der Waals surface area contributed by atoms with Crippen molar-refractivity contribution in [3.05, 3.63) is 145 Å². The van der Waals surface area contributed by atoms with Crippen LogP contribution >= 0.6 is 0 Å². The largest absolute Gasteiger partial charge is 0.0636 e. The Morgan fingerprint density at radius 3 is 1.64 bits per heavy atom. The summed E-state index contributed by atoms with van der Waals surface area (Å²) in [7, 11) is 0. The molecule has 0 saturated carbocycles. The van der Waals surface area contributed by atoms with E-state index >= 15 is 0 Å². The standard InChI is InChI=1S/C36H24/c1-2-12-25(13-3-1)27-16-10-17-28(24-27)35-31-19-6-8-21-33(31)36(34-22-9-7-20-32(34)35)30-23-11-15-26-14-4-5-18-29(26)30/h1-24H/i1D,2D,3D,4D,5D,6D,7D,8D,9D,10D,11D,12D,14D,15D,16D,17D,18D,19D,20D,21D,22D,23D,24D. The maximum absolute atomic E-state index is 9.47. The van der Waals surface area contributed by atoms with E-state index < -0.39 is 205 Å². The Morgan fingerprint density at radius 1 is 0.361 bits per heavy atom. The third-order valence-corrected chi connectivity index (χ3v) is 5.63. The molecule has 0 aromatic heterocycles. The molecule has 0 atom stereocenters. The summed E-state index contributed by atoms with van der Waals surface area (Å²) in [6.07, 6.45) is 0. The maximum atomic E-state index is 9.47. The molecule has 0 aliphatic carbocycles. The van der Waals surface area contributed by atoms with Gasteiger partial charge in [0, 0.05) is 0 Å². The van der Waals surface area contributed by atoms with Crippen molar-refractivity contribution in [3.8, 4) is 33.4 Å². The van der Waals surface area contributed by atoms with Crippen molar-refractivity contribution in [1.29, 1.82) is 0 Å². The Kier molecular flexibility index (Phi) is 1.87. The van der Waals surface area contributed by atoms with Crippen molar-refractivity contribution in [2.75, 3.05) is 0 Å². The summed E-state index contributed by atoms with van der Waals surface area (Å²) in [5.74, 6) is 0. The molecule has 0 aliphatic rings. The van der Waals surface area contributed by atoms with Gasteiger partial charge >= 0.3 is 0 Å². The molecule has 0 fully saturated rings. The summed E-state index contributed by atoms with van der Waals surface area (Å²) < 4.78 is 202. The zero-order chi connectivity index (χ0) is 43.9. The lowest BCUT2D eigenvalue weighted by atomic mass is 9.84. The molecule has 0 unspecified atom stereocenters. The molecule has 0 aliphatic heterocycles. The van der Waals surface area contributed by atoms with E-state index in [1.54, 1.807) is 0 Å². The molecule has 0 nitrogen and oxygen atoms in total. The van der Waals surface area contributed by atoms with Crippen molar-refractivity contribution >= 4 is 32.3 Å².